The lowest BCUT2D eigenvalue weighted by atomic mass is 10.0. The Hall–Kier alpha value is -1.91. The van der Waals surface area contributed by atoms with Gasteiger partial charge in [-0.15, -0.1) is 0 Å². The first-order valence-corrected chi connectivity index (χ1v) is 36.0. The monoisotopic (exact) mass is 1100 g/mol. The summed E-state index contributed by atoms with van der Waals surface area (Å²) in [6.45, 7) is 4.29. The topological polar surface area (TPSA) is 69.6 Å². The summed E-state index contributed by atoms with van der Waals surface area (Å²) < 4.78 is 0. The number of amides is 1. The number of allylic oxidation sites excluding steroid dienone is 10. The van der Waals surface area contributed by atoms with Crippen molar-refractivity contribution in [2.75, 3.05) is 6.61 Å². The molecule has 2 atom stereocenters. The molecule has 464 valence electrons. The minimum atomic E-state index is -0.661. The van der Waals surface area contributed by atoms with Crippen molar-refractivity contribution in [3.63, 3.8) is 0 Å². The van der Waals surface area contributed by atoms with Crippen molar-refractivity contribution in [1.82, 2.24) is 5.32 Å². The maximum atomic E-state index is 12.6. The standard InChI is InChI=1S/C75H141NO3/c1-3-5-7-9-11-13-15-17-19-21-23-25-27-29-31-33-35-36-37-38-39-40-41-43-45-47-49-51-53-55-57-59-61-63-65-67-69-71-75(79)76-73(72-77)74(78)70-68-66-64-62-60-58-56-54-52-50-48-46-44-42-34-32-30-28-26-24-22-20-18-16-14-12-10-8-6-4-2/h5,7,11,13,17,19,23,25,29,31,73-74,77-78H,3-4,6,8-10,12,14-16,18,20-22,24,26-28,30,32-72H2,1-2H3,(H,76,79)/b7-5-,13-11-,19-17-,25-23-,31-29-. The van der Waals surface area contributed by atoms with E-state index < -0.39 is 12.1 Å². The van der Waals surface area contributed by atoms with Gasteiger partial charge in [0.25, 0.3) is 0 Å². The molecule has 0 aliphatic carbocycles. The van der Waals surface area contributed by atoms with Crippen LogP contribution in [0.5, 0.6) is 0 Å². The summed E-state index contributed by atoms with van der Waals surface area (Å²) in [4.78, 5) is 12.6. The highest BCUT2D eigenvalue weighted by atomic mass is 16.3. The zero-order valence-electron chi connectivity index (χ0n) is 53.7. The zero-order valence-corrected chi connectivity index (χ0v) is 53.7. The van der Waals surface area contributed by atoms with Crippen molar-refractivity contribution in [3.05, 3.63) is 60.8 Å². The highest BCUT2D eigenvalue weighted by molar-refractivity contribution is 5.76. The molecule has 0 heterocycles. The van der Waals surface area contributed by atoms with Crippen molar-refractivity contribution >= 4 is 5.91 Å². The Balaban J connectivity index is 3.39. The number of rotatable bonds is 67. The SMILES string of the molecule is CC/C=C\C/C=C\C/C=C\C/C=C\C/C=C\CCCCCCCCCCCCCCCCCCCCCCCC(=O)NC(CO)C(O)CCCCCCCCCCCCCCCCCCCCCCCCCCCCCCCC. The molecule has 0 spiro atoms. The number of unbranched alkanes of at least 4 members (excludes halogenated alkanes) is 50. The summed E-state index contributed by atoms with van der Waals surface area (Å²) in [7, 11) is 0. The van der Waals surface area contributed by atoms with E-state index in [2.05, 4.69) is 79.9 Å². The fraction of sp³-hybridized carbons (Fsp3) is 0.853. The highest BCUT2D eigenvalue weighted by Crippen LogP contribution is 2.19. The number of hydrogen-bond acceptors (Lipinski definition) is 3. The Kier molecular flexibility index (Phi) is 68.7. The molecule has 79 heavy (non-hydrogen) atoms. The van der Waals surface area contributed by atoms with E-state index >= 15 is 0 Å². The van der Waals surface area contributed by atoms with E-state index in [1.165, 1.54) is 308 Å². The average Bonchev–Trinajstić information content (AvgIpc) is 3.45. The molecule has 0 fully saturated rings. The van der Waals surface area contributed by atoms with Gasteiger partial charge in [-0.05, 0) is 57.8 Å². The lowest BCUT2D eigenvalue weighted by Gasteiger charge is -2.22. The quantitative estimate of drug-likeness (QED) is 0.0420. The van der Waals surface area contributed by atoms with Gasteiger partial charge in [0.2, 0.25) is 5.91 Å². The second kappa shape index (κ2) is 70.4. The Morgan fingerprint density at radius 3 is 0.835 bits per heavy atom. The van der Waals surface area contributed by atoms with E-state index in [0.29, 0.717) is 12.8 Å². The van der Waals surface area contributed by atoms with Crippen molar-refractivity contribution < 1.29 is 15.0 Å². The van der Waals surface area contributed by atoms with E-state index in [0.717, 1.165) is 57.8 Å². The normalized spacial score (nSPS) is 13.0. The van der Waals surface area contributed by atoms with Crippen LogP contribution in [0.15, 0.2) is 60.8 Å². The predicted octanol–water partition coefficient (Wildman–Crippen LogP) is 24.7. The molecule has 0 aromatic heterocycles. The molecular weight excluding hydrogens is 963 g/mol. The molecule has 0 aromatic rings. The molecule has 0 rings (SSSR count). The molecule has 2 unspecified atom stereocenters. The highest BCUT2D eigenvalue weighted by Gasteiger charge is 2.20. The van der Waals surface area contributed by atoms with Crippen LogP contribution in [0.2, 0.25) is 0 Å². The van der Waals surface area contributed by atoms with Gasteiger partial charge < -0.3 is 15.5 Å². The van der Waals surface area contributed by atoms with Gasteiger partial charge in [0, 0.05) is 6.42 Å². The Labute approximate surface area is 496 Å². The largest absolute Gasteiger partial charge is 0.394 e. The van der Waals surface area contributed by atoms with Crippen LogP contribution in [0.1, 0.15) is 393 Å². The minimum absolute atomic E-state index is 0.0237. The molecule has 1 amide bonds. The van der Waals surface area contributed by atoms with E-state index in [-0.39, 0.29) is 12.5 Å². The number of nitrogens with one attached hydrogen (secondary N) is 1. The molecule has 3 N–H and O–H groups in total. The summed E-state index contributed by atoms with van der Waals surface area (Å²) in [5.41, 5.74) is 0. The smallest absolute Gasteiger partial charge is 0.220 e. The first-order chi connectivity index (χ1) is 39.2. The third kappa shape index (κ3) is 66.8. The molecule has 4 heteroatoms. The third-order valence-electron chi connectivity index (χ3n) is 16.8. The van der Waals surface area contributed by atoms with E-state index in [4.69, 9.17) is 0 Å². The molecule has 0 saturated heterocycles. The summed E-state index contributed by atoms with van der Waals surface area (Å²) in [5.74, 6) is -0.0237. The molecule has 0 radical (unpaired) electrons. The van der Waals surface area contributed by atoms with Crippen molar-refractivity contribution in [3.8, 4) is 0 Å². The van der Waals surface area contributed by atoms with Crippen LogP contribution in [0.3, 0.4) is 0 Å². The van der Waals surface area contributed by atoms with Crippen molar-refractivity contribution in [2.45, 2.75) is 405 Å². The molecule has 0 bridgehead atoms. The van der Waals surface area contributed by atoms with Crippen LogP contribution >= 0.6 is 0 Å². The Morgan fingerprint density at radius 1 is 0.316 bits per heavy atom. The molecule has 4 nitrogen and oxygen atoms in total. The van der Waals surface area contributed by atoms with Crippen LogP contribution in [0, 0.1) is 0 Å². The lowest BCUT2D eigenvalue weighted by Crippen LogP contribution is -2.45. The van der Waals surface area contributed by atoms with Crippen LogP contribution in [0.4, 0.5) is 0 Å². The zero-order chi connectivity index (χ0) is 56.9. The first-order valence-electron chi connectivity index (χ1n) is 36.0. The minimum Gasteiger partial charge on any atom is -0.394 e. The fourth-order valence-electron chi connectivity index (χ4n) is 11.4. The van der Waals surface area contributed by atoms with Gasteiger partial charge in [-0.2, -0.15) is 0 Å². The van der Waals surface area contributed by atoms with Gasteiger partial charge >= 0.3 is 0 Å². The van der Waals surface area contributed by atoms with Gasteiger partial charge in [0.1, 0.15) is 0 Å². The average molecular weight is 1100 g/mol. The first kappa shape index (κ1) is 77.1. The number of aliphatic hydroxyl groups excluding tert-OH is 2. The second-order valence-corrected chi connectivity index (χ2v) is 24.6. The van der Waals surface area contributed by atoms with Crippen LogP contribution in [0.25, 0.3) is 0 Å². The number of hydrogen-bond donors (Lipinski definition) is 3. The maximum absolute atomic E-state index is 12.6. The Bertz CT molecular complexity index is 1300. The molecule has 0 aromatic carbocycles. The van der Waals surface area contributed by atoms with Gasteiger partial charge in [-0.25, -0.2) is 0 Å². The van der Waals surface area contributed by atoms with E-state index in [1.807, 2.05) is 0 Å². The van der Waals surface area contributed by atoms with Gasteiger partial charge in [-0.1, -0.05) is 389 Å². The Morgan fingerprint density at radius 2 is 0.557 bits per heavy atom. The third-order valence-corrected chi connectivity index (χ3v) is 16.8. The summed E-state index contributed by atoms with van der Waals surface area (Å²) in [6, 6.07) is -0.538. The van der Waals surface area contributed by atoms with Gasteiger partial charge in [0.05, 0.1) is 18.8 Å². The molecule has 0 saturated carbocycles. The van der Waals surface area contributed by atoms with Crippen LogP contribution in [-0.2, 0) is 4.79 Å². The number of carbonyl (C=O) groups excluding carboxylic acids is 1. The van der Waals surface area contributed by atoms with Crippen LogP contribution < -0.4 is 5.32 Å². The van der Waals surface area contributed by atoms with Crippen LogP contribution in [-0.4, -0.2) is 34.9 Å². The second-order valence-electron chi connectivity index (χ2n) is 24.6. The van der Waals surface area contributed by atoms with E-state index in [1.54, 1.807) is 0 Å². The maximum Gasteiger partial charge on any atom is 0.220 e. The summed E-state index contributed by atoms with van der Waals surface area (Å²) in [5, 5.41) is 23.5. The number of carbonyl (C=O) groups is 1. The molecular formula is C75H141NO3. The molecule has 0 aliphatic rings. The predicted molar refractivity (Wildman–Crippen MR) is 354 cm³/mol. The van der Waals surface area contributed by atoms with Crippen molar-refractivity contribution in [2.24, 2.45) is 0 Å². The van der Waals surface area contributed by atoms with Gasteiger partial charge in [0.15, 0.2) is 0 Å². The van der Waals surface area contributed by atoms with E-state index in [9.17, 15) is 15.0 Å². The number of aliphatic hydroxyl groups is 2. The summed E-state index contributed by atoms with van der Waals surface area (Å²) >= 11 is 0. The lowest BCUT2D eigenvalue weighted by molar-refractivity contribution is -0.123. The summed E-state index contributed by atoms with van der Waals surface area (Å²) in [6.07, 6.45) is 100. The molecule has 0 aliphatic heterocycles. The fourth-order valence-corrected chi connectivity index (χ4v) is 11.4. The van der Waals surface area contributed by atoms with Crippen molar-refractivity contribution in [1.29, 1.82) is 0 Å². The van der Waals surface area contributed by atoms with Gasteiger partial charge in [-0.3, -0.25) is 4.79 Å².